The molecule has 0 spiro atoms. The van der Waals surface area contributed by atoms with Crippen molar-refractivity contribution in [3.05, 3.63) is 51.9 Å². The van der Waals surface area contributed by atoms with Crippen molar-refractivity contribution in [1.29, 1.82) is 0 Å². The second kappa shape index (κ2) is 6.56. The number of nitrogens with zero attached hydrogens (tertiary/aromatic N) is 1. The van der Waals surface area contributed by atoms with Crippen LogP contribution in [0.5, 0.6) is 0 Å². The second-order valence-electron chi connectivity index (χ2n) is 4.91. The van der Waals surface area contributed by atoms with Gasteiger partial charge in [-0.15, -0.1) is 11.3 Å². The molecule has 1 aromatic carbocycles. The summed E-state index contributed by atoms with van der Waals surface area (Å²) in [5.41, 5.74) is 0.459. The largest absolute Gasteiger partial charge is 0.336 e. The third-order valence-electron chi connectivity index (χ3n) is 3.20. The molecule has 0 bridgehead atoms. The van der Waals surface area contributed by atoms with Gasteiger partial charge in [-0.1, -0.05) is 23.4 Å². The Labute approximate surface area is 156 Å². The van der Waals surface area contributed by atoms with Crippen molar-refractivity contribution >= 4 is 53.0 Å². The van der Waals surface area contributed by atoms with Crippen LogP contribution in [0.1, 0.15) is 5.69 Å². The average molecular weight is 463 g/mol. The summed E-state index contributed by atoms with van der Waals surface area (Å²) < 4.78 is 58.0. The molecule has 1 N–H and O–H groups in total. The normalized spacial score (nSPS) is 12.2. The molecular weight excluding hydrogens is 452 g/mol. The Hall–Kier alpha value is -1.69. The van der Waals surface area contributed by atoms with E-state index in [2.05, 4.69) is 25.8 Å². The molecular formula is C14H11BrN2O5S3. The molecule has 3 rings (SSSR count). The number of aryl methyl sites for hydroxylation is 1. The van der Waals surface area contributed by atoms with Gasteiger partial charge in [0.1, 0.15) is 9.37 Å². The molecule has 0 saturated carbocycles. The van der Waals surface area contributed by atoms with E-state index in [1.54, 1.807) is 25.1 Å². The van der Waals surface area contributed by atoms with Gasteiger partial charge in [0.15, 0.2) is 4.21 Å². The van der Waals surface area contributed by atoms with Gasteiger partial charge in [0.05, 0.1) is 10.6 Å². The molecule has 0 aliphatic carbocycles. The fourth-order valence-electron chi connectivity index (χ4n) is 2.00. The van der Waals surface area contributed by atoms with Crippen LogP contribution in [0.25, 0.3) is 0 Å². The van der Waals surface area contributed by atoms with E-state index < -0.39 is 19.9 Å². The van der Waals surface area contributed by atoms with Gasteiger partial charge in [0, 0.05) is 0 Å². The summed E-state index contributed by atoms with van der Waals surface area (Å²) in [6.07, 6.45) is 0. The van der Waals surface area contributed by atoms with Crippen LogP contribution in [-0.4, -0.2) is 22.0 Å². The van der Waals surface area contributed by atoms with Crippen LogP contribution in [0.3, 0.4) is 0 Å². The molecule has 0 atom stereocenters. The van der Waals surface area contributed by atoms with Gasteiger partial charge in [-0.3, -0.25) is 0 Å². The molecule has 2 aromatic heterocycles. The molecule has 7 nitrogen and oxygen atoms in total. The molecule has 0 aliphatic heterocycles. The quantitative estimate of drug-likeness (QED) is 0.622. The van der Waals surface area contributed by atoms with Crippen molar-refractivity contribution in [2.24, 2.45) is 0 Å². The highest BCUT2D eigenvalue weighted by molar-refractivity contribution is 9.10. The van der Waals surface area contributed by atoms with Gasteiger partial charge in [-0.25, -0.2) is 21.6 Å². The lowest BCUT2D eigenvalue weighted by Crippen LogP contribution is -2.15. The van der Waals surface area contributed by atoms with E-state index >= 15 is 0 Å². The number of thiophene rings is 1. The van der Waals surface area contributed by atoms with Gasteiger partial charge < -0.3 is 4.52 Å². The lowest BCUT2D eigenvalue weighted by molar-refractivity contribution is 0.430. The van der Waals surface area contributed by atoms with Crippen LogP contribution in [0.4, 0.5) is 5.88 Å². The van der Waals surface area contributed by atoms with Crippen molar-refractivity contribution in [2.45, 2.75) is 20.9 Å². The van der Waals surface area contributed by atoms with Crippen LogP contribution >= 0.6 is 27.3 Å². The standard InChI is InChI=1S/C14H11BrN2O5S3/c1-9-12(15)13(22-16-9)17-25(20,21)14-11(7-8-23-14)24(18,19)10-5-3-2-4-6-10/h2-8,17H,1H3. The predicted molar refractivity (Wildman–Crippen MR) is 96.0 cm³/mol. The maximum absolute atomic E-state index is 12.8. The van der Waals surface area contributed by atoms with Crippen LogP contribution in [0, 0.1) is 6.92 Å². The molecule has 2 heterocycles. The Morgan fingerprint density at radius 3 is 2.40 bits per heavy atom. The fraction of sp³-hybridized carbons (Fsp3) is 0.0714. The van der Waals surface area contributed by atoms with Crippen LogP contribution in [0.2, 0.25) is 0 Å². The number of hydrogen-bond acceptors (Lipinski definition) is 7. The summed E-state index contributed by atoms with van der Waals surface area (Å²) in [5.74, 6) is -0.117. The van der Waals surface area contributed by atoms with Crippen molar-refractivity contribution in [3.63, 3.8) is 0 Å². The van der Waals surface area contributed by atoms with E-state index in [0.717, 1.165) is 11.3 Å². The zero-order valence-corrected chi connectivity index (χ0v) is 16.7. The molecule has 0 radical (unpaired) electrons. The number of halogens is 1. The Kier molecular flexibility index (Phi) is 4.75. The molecule has 0 aliphatic rings. The lowest BCUT2D eigenvalue weighted by Gasteiger charge is -2.07. The smallest absolute Gasteiger partial charge is 0.275 e. The number of nitrogens with one attached hydrogen (secondary N) is 1. The Morgan fingerprint density at radius 2 is 1.80 bits per heavy atom. The number of hydrogen-bond donors (Lipinski definition) is 1. The minimum absolute atomic E-state index is 0.0153. The number of aromatic nitrogens is 1. The SMILES string of the molecule is Cc1noc(NS(=O)(=O)c2sccc2S(=O)(=O)c2ccccc2)c1Br. The maximum Gasteiger partial charge on any atom is 0.275 e. The molecule has 0 saturated heterocycles. The van der Waals surface area contributed by atoms with Crippen molar-refractivity contribution < 1.29 is 21.4 Å². The number of sulfonamides is 1. The van der Waals surface area contributed by atoms with Crippen LogP contribution in [-0.2, 0) is 19.9 Å². The van der Waals surface area contributed by atoms with E-state index in [-0.39, 0.29) is 19.9 Å². The van der Waals surface area contributed by atoms with Crippen molar-refractivity contribution in [3.8, 4) is 0 Å². The van der Waals surface area contributed by atoms with Gasteiger partial charge in [-0.05, 0) is 46.4 Å². The van der Waals surface area contributed by atoms with E-state index in [9.17, 15) is 16.8 Å². The van der Waals surface area contributed by atoms with Gasteiger partial charge >= 0.3 is 0 Å². The van der Waals surface area contributed by atoms with Crippen molar-refractivity contribution in [2.75, 3.05) is 4.72 Å². The molecule has 132 valence electrons. The predicted octanol–water partition coefficient (Wildman–Crippen LogP) is 3.44. The van der Waals surface area contributed by atoms with Gasteiger partial charge in [-0.2, -0.15) is 0 Å². The van der Waals surface area contributed by atoms with E-state index in [4.69, 9.17) is 4.52 Å². The lowest BCUT2D eigenvalue weighted by atomic mass is 10.4. The molecule has 0 amide bonds. The second-order valence-corrected chi connectivity index (χ2v) is 10.4. The molecule has 3 aromatic rings. The topological polar surface area (TPSA) is 106 Å². The van der Waals surface area contributed by atoms with Gasteiger partial charge in [0.25, 0.3) is 15.9 Å². The summed E-state index contributed by atoms with van der Waals surface area (Å²) >= 11 is 3.97. The van der Waals surface area contributed by atoms with Crippen LogP contribution < -0.4 is 4.72 Å². The Balaban J connectivity index is 2.06. The van der Waals surface area contributed by atoms with E-state index in [1.165, 1.54) is 23.6 Å². The molecule has 0 fully saturated rings. The van der Waals surface area contributed by atoms with Gasteiger partial charge in [0.2, 0.25) is 9.84 Å². The first-order valence-corrected chi connectivity index (χ1v) is 11.4. The molecule has 25 heavy (non-hydrogen) atoms. The summed E-state index contributed by atoms with van der Waals surface area (Å²) in [7, 11) is -8.15. The highest BCUT2D eigenvalue weighted by atomic mass is 79.9. The zero-order valence-electron chi connectivity index (χ0n) is 12.6. The highest BCUT2D eigenvalue weighted by Gasteiger charge is 2.31. The maximum atomic E-state index is 12.8. The zero-order chi connectivity index (χ0) is 18.2. The van der Waals surface area contributed by atoms with E-state index in [0.29, 0.717) is 10.2 Å². The fourth-order valence-corrected chi connectivity index (χ4v) is 6.94. The third-order valence-corrected chi connectivity index (χ3v) is 9.02. The Bertz CT molecular complexity index is 1120. The van der Waals surface area contributed by atoms with E-state index in [1.807, 2.05) is 0 Å². The summed E-state index contributed by atoms with van der Waals surface area (Å²) in [4.78, 5) is -0.273. The molecule has 0 unspecified atom stereocenters. The monoisotopic (exact) mass is 462 g/mol. The minimum atomic E-state index is -4.18. The number of anilines is 1. The van der Waals surface area contributed by atoms with Crippen LogP contribution in [0.15, 0.2) is 64.8 Å². The summed E-state index contributed by atoms with van der Waals surface area (Å²) in [6, 6.07) is 8.90. The first-order chi connectivity index (χ1) is 11.7. The highest BCUT2D eigenvalue weighted by Crippen LogP contribution is 2.34. The average Bonchev–Trinajstić information content (AvgIpc) is 3.19. The minimum Gasteiger partial charge on any atom is -0.336 e. The first kappa shape index (κ1) is 18.1. The molecule has 11 heteroatoms. The number of sulfone groups is 1. The summed E-state index contributed by atoms with van der Waals surface area (Å²) in [6.45, 7) is 1.63. The number of benzene rings is 1. The van der Waals surface area contributed by atoms with Crippen molar-refractivity contribution in [1.82, 2.24) is 5.16 Å². The number of rotatable bonds is 5. The third kappa shape index (κ3) is 3.36. The summed E-state index contributed by atoms with van der Waals surface area (Å²) in [5, 5.41) is 5.04. The first-order valence-electron chi connectivity index (χ1n) is 6.75. The Morgan fingerprint density at radius 1 is 1.12 bits per heavy atom.